The van der Waals surface area contributed by atoms with E-state index in [4.69, 9.17) is 12.2 Å². The van der Waals surface area contributed by atoms with E-state index in [0.29, 0.717) is 19.4 Å². The van der Waals surface area contributed by atoms with Crippen LogP contribution in [-0.2, 0) is 4.79 Å². The van der Waals surface area contributed by atoms with Crippen LogP contribution in [0, 0.1) is 12.3 Å². The van der Waals surface area contributed by atoms with Gasteiger partial charge < -0.3 is 11.1 Å². The van der Waals surface area contributed by atoms with Crippen molar-refractivity contribution in [1.82, 2.24) is 5.32 Å². The molecule has 0 aromatic carbocycles. The van der Waals surface area contributed by atoms with Gasteiger partial charge in [-0.25, -0.2) is 0 Å². The van der Waals surface area contributed by atoms with Crippen molar-refractivity contribution in [3.05, 3.63) is 0 Å². The van der Waals surface area contributed by atoms with Gasteiger partial charge in [0.15, 0.2) is 0 Å². The minimum absolute atomic E-state index is 0.0437. The van der Waals surface area contributed by atoms with E-state index in [9.17, 15) is 4.79 Å². The van der Waals surface area contributed by atoms with E-state index in [1.165, 1.54) is 0 Å². The van der Waals surface area contributed by atoms with Gasteiger partial charge in [0.25, 0.3) is 0 Å². The number of nitrogens with two attached hydrogens (primary N) is 1. The molecule has 0 unspecified atom stereocenters. The lowest BCUT2D eigenvalue weighted by Crippen LogP contribution is -2.39. The van der Waals surface area contributed by atoms with E-state index in [1.54, 1.807) is 0 Å². The second-order valence-corrected chi connectivity index (χ2v) is 3.47. The van der Waals surface area contributed by atoms with E-state index in [2.05, 4.69) is 11.2 Å². The number of terminal acetylenes is 1. The van der Waals surface area contributed by atoms with Crippen LogP contribution in [0.5, 0.6) is 0 Å². The molecule has 12 heavy (non-hydrogen) atoms. The maximum atomic E-state index is 11.1. The molecule has 0 bridgehead atoms. The van der Waals surface area contributed by atoms with E-state index in [0.717, 1.165) is 0 Å². The number of amides is 1. The Kier molecular flexibility index (Phi) is 4.38. The Labute approximate surface area is 73.7 Å². The van der Waals surface area contributed by atoms with Crippen LogP contribution in [0.1, 0.15) is 26.7 Å². The Morgan fingerprint density at radius 3 is 2.67 bits per heavy atom. The van der Waals surface area contributed by atoms with Crippen molar-refractivity contribution in [2.75, 3.05) is 6.54 Å². The fraction of sp³-hybridized carbons (Fsp3) is 0.667. The Morgan fingerprint density at radius 1 is 1.67 bits per heavy atom. The Bertz CT molecular complexity index is 186. The van der Waals surface area contributed by atoms with Gasteiger partial charge in [0.1, 0.15) is 0 Å². The topological polar surface area (TPSA) is 55.1 Å². The summed E-state index contributed by atoms with van der Waals surface area (Å²) in [6, 6.07) is 0. The van der Waals surface area contributed by atoms with Gasteiger partial charge in [0, 0.05) is 24.9 Å². The summed E-state index contributed by atoms with van der Waals surface area (Å²) in [7, 11) is 0. The Hall–Kier alpha value is -1.01. The van der Waals surface area contributed by atoms with Gasteiger partial charge in [0.2, 0.25) is 5.91 Å². The molecule has 0 aliphatic carbocycles. The van der Waals surface area contributed by atoms with Crippen LogP contribution in [0.15, 0.2) is 0 Å². The van der Waals surface area contributed by atoms with E-state index >= 15 is 0 Å². The summed E-state index contributed by atoms with van der Waals surface area (Å²) in [6.07, 6.45) is 5.91. The summed E-state index contributed by atoms with van der Waals surface area (Å²) >= 11 is 0. The van der Waals surface area contributed by atoms with Crippen molar-refractivity contribution in [1.29, 1.82) is 0 Å². The van der Waals surface area contributed by atoms with Crippen molar-refractivity contribution in [3.8, 4) is 12.3 Å². The highest BCUT2D eigenvalue weighted by Gasteiger charge is 2.15. The Balaban J connectivity index is 3.56. The van der Waals surface area contributed by atoms with Gasteiger partial charge in [-0.15, -0.1) is 12.3 Å². The molecule has 0 heterocycles. The van der Waals surface area contributed by atoms with Gasteiger partial charge in [-0.2, -0.15) is 0 Å². The average molecular weight is 168 g/mol. The zero-order valence-electron chi connectivity index (χ0n) is 7.68. The maximum absolute atomic E-state index is 11.1. The molecular weight excluding hydrogens is 152 g/mol. The van der Waals surface area contributed by atoms with Crippen LogP contribution in [0.4, 0.5) is 0 Å². The summed E-state index contributed by atoms with van der Waals surface area (Å²) in [5, 5.41) is 2.68. The number of hydrogen-bond donors (Lipinski definition) is 2. The molecule has 3 N–H and O–H groups in total. The first-order valence-electron chi connectivity index (χ1n) is 3.95. The minimum atomic E-state index is -0.444. The molecule has 1 amide bonds. The molecule has 3 heteroatoms. The molecule has 0 aliphatic rings. The molecular formula is C9H16N2O. The molecule has 3 nitrogen and oxygen atoms in total. The standard InChI is InChI=1S/C9H16N2O/c1-4-5-6-11-8(12)7-9(2,3)10/h1H,5-7,10H2,2-3H3,(H,11,12). The number of nitrogens with one attached hydrogen (secondary N) is 1. The van der Waals surface area contributed by atoms with Gasteiger partial charge in [-0.3, -0.25) is 4.79 Å². The van der Waals surface area contributed by atoms with E-state index in [-0.39, 0.29) is 5.91 Å². The number of hydrogen-bond acceptors (Lipinski definition) is 2. The third-order valence-electron chi connectivity index (χ3n) is 1.21. The van der Waals surface area contributed by atoms with Crippen LogP contribution >= 0.6 is 0 Å². The molecule has 0 aliphatic heterocycles. The van der Waals surface area contributed by atoms with Crippen molar-refractivity contribution < 1.29 is 4.79 Å². The first-order chi connectivity index (χ1) is 5.45. The highest BCUT2D eigenvalue weighted by molar-refractivity contribution is 5.77. The van der Waals surface area contributed by atoms with Crippen molar-refractivity contribution >= 4 is 5.91 Å². The number of rotatable bonds is 4. The quantitative estimate of drug-likeness (QED) is 0.467. The maximum Gasteiger partial charge on any atom is 0.221 e. The molecule has 0 spiro atoms. The summed E-state index contributed by atoms with van der Waals surface area (Å²) in [5.74, 6) is 2.40. The van der Waals surface area contributed by atoms with Crippen molar-refractivity contribution in [2.45, 2.75) is 32.2 Å². The normalized spacial score (nSPS) is 10.5. The fourth-order valence-electron chi connectivity index (χ4n) is 0.750. The summed E-state index contributed by atoms with van der Waals surface area (Å²) in [4.78, 5) is 11.1. The van der Waals surface area contributed by atoms with Crippen LogP contribution in [0.3, 0.4) is 0 Å². The first kappa shape index (κ1) is 11.0. The lowest BCUT2D eigenvalue weighted by molar-refractivity contribution is -0.121. The average Bonchev–Trinajstić information content (AvgIpc) is 1.84. The summed E-state index contributed by atoms with van der Waals surface area (Å²) < 4.78 is 0. The molecule has 0 atom stereocenters. The largest absolute Gasteiger partial charge is 0.355 e. The van der Waals surface area contributed by atoms with Crippen LogP contribution in [0.2, 0.25) is 0 Å². The van der Waals surface area contributed by atoms with Crippen molar-refractivity contribution in [2.24, 2.45) is 5.73 Å². The third kappa shape index (κ3) is 7.10. The van der Waals surface area contributed by atoms with Crippen LogP contribution in [0.25, 0.3) is 0 Å². The highest BCUT2D eigenvalue weighted by atomic mass is 16.1. The zero-order valence-corrected chi connectivity index (χ0v) is 7.68. The zero-order chi connectivity index (χ0) is 9.61. The van der Waals surface area contributed by atoms with E-state index in [1.807, 2.05) is 13.8 Å². The smallest absolute Gasteiger partial charge is 0.221 e. The summed E-state index contributed by atoms with van der Waals surface area (Å²) in [6.45, 7) is 4.16. The van der Waals surface area contributed by atoms with E-state index < -0.39 is 5.54 Å². The predicted octanol–water partition coefficient (Wildman–Crippen LogP) is 0.253. The highest BCUT2D eigenvalue weighted by Crippen LogP contribution is 2.02. The second-order valence-electron chi connectivity index (χ2n) is 3.47. The van der Waals surface area contributed by atoms with Gasteiger partial charge in [0.05, 0.1) is 0 Å². The fourth-order valence-corrected chi connectivity index (χ4v) is 0.750. The predicted molar refractivity (Wildman–Crippen MR) is 49.3 cm³/mol. The molecule has 0 radical (unpaired) electrons. The monoisotopic (exact) mass is 168 g/mol. The van der Waals surface area contributed by atoms with Gasteiger partial charge in [-0.1, -0.05) is 0 Å². The molecule has 0 aromatic rings. The SMILES string of the molecule is C#CCCNC(=O)CC(C)(C)N. The molecule has 0 rings (SSSR count). The minimum Gasteiger partial charge on any atom is -0.355 e. The molecule has 0 saturated heterocycles. The second kappa shape index (κ2) is 4.78. The van der Waals surface area contributed by atoms with Gasteiger partial charge >= 0.3 is 0 Å². The number of carbonyl (C=O) groups is 1. The lowest BCUT2D eigenvalue weighted by Gasteiger charge is -2.17. The number of carbonyl (C=O) groups excluding carboxylic acids is 1. The van der Waals surface area contributed by atoms with Gasteiger partial charge in [-0.05, 0) is 13.8 Å². The Morgan fingerprint density at radius 2 is 2.25 bits per heavy atom. The molecule has 0 saturated carbocycles. The molecule has 68 valence electrons. The van der Waals surface area contributed by atoms with Crippen LogP contribution in [-0.4, -0.2) is 18.0 Å². The molecule has 0 fully saturated rings. The first-order valence-corrected chi connectivity index (χ1v) is 3.95. The lowest BCUT2D eigenvalue weighted by atomic mass is 10.0. The van der Waals surface area contributed by atoms with Crippen molar-refractivity contribution in [3.63, 3.8) is 0 Å². The third-order valence-corrected chi connectivity index (χ3v) is 1.21. The van der Waals surface area contributed by atoms with Crippen LogP contribution < -0.4 is 11.1 Å². The molecule has 0 aromatic heterocycles. The summed E-state index contributed by atoms with van der Waals surface area (Å²) in [5.41, 5.74) is 5.20.